The Morgan fingerprint density at radius 2 is 0.648 bits per heavy atom. The lowest BCUT2D eigenvalue weighted by molar-refractivity contribution is -0.316. The number of fused-ring (bicyclic) bond motifs is 2. The van der Waals surface area contributed by atoms with Crippen molar-refractivity contribution in [3.63, 3.8) is 0 Å². The summed E-state index contributed by atoms with van der Waals surface area (Å²) in [4.78, 5) is 99.2. The Labute approximate surface area is 756 Å². The highest BCUT2D eigenvalue weighted by Gasteiger charge is 2.76. The van der Waals surface area contributed by atoms with E-state index in [1.165, 1.54) is 91.2 Å². The molecular weight excluding hydrogens is 1680 g/mol. The predicted octanol–water partition coefficient (Wildman–Crippen LogP) is 27.6. The average molecular weight is 1830 g/mol. The second-order valence-electron chi connectivity index (χ2n) is 44.7. The van der Waals surface area contributed by atoms with Crippen LogP contribution in [-0.4, -0.2) is 108 Å². The SMILES string of the molecule is CCC(C)(C)C(=O)OC(CC)(CC)C1CCCCC1.CCC(C)(C)C(=O)OC1C2CC3C1CC(=O)C3(C(=O)OC(C(F)(F)F)C(F)(F)F)C2.CCC(C)(C)C(=O)OC1C2CC3C1CC(=O)C3(C(=O)OC(C(F)(F)F)C(F)(F)F)C2.CCC(C)(C)C(=O)OC1CCCC1.CCC(C)c1cc(C(C)(C)C)cc(C(C)(C)C)c1.CCC(C)c1cc(C(C)(C)C)cc(C(C)(C)C)c1. The van der Waals surface area contributed by atoms with Gasteiger partial charge in [-0.05, 0) is 267 Å². The normalized spacial score (nSPS) is 24.4. The molecule has 0 saturated heterocycles. The van der Waals surface area contributed by atoms with E-state index in [2.05, 4.69) is 177 Å². The zero-order chi connectivity index (χ0) is 98.4. The molecule has 0 radical (unpaired) electrons. The Morgan fingerprint density at radius 3 is 0.906 bits per heavy atom. The Balaban J connectivity index is 0.000000279. The quantitative estimate of drug-likeness (QED) is 0.0442. The number of ether oxygens (including phenoxy) is 6. The number of rotatable bonds is 23. The van der Waals surface area contributed by atoms with Crippen molar-refractivity contribution >= 4 is 47.4 Å². The van der Waals surface area contributed by atoms with Gasteiger partial charge in [0.1, 0.15) is 34.7 Å². The Hall–Kier alpha value is -6.24. The molecule has 128 heavy (non-hydrogen) atoms. The summed E-state index contributed by atoms with van der Waals surface area (Å²) < 4.78 is 184. The molecular formula is C102H156F12O14. The van der Waals surface area contributed by atoms with Gasteiger partial charge in [0, 0.05) is 24.7 Å². The van der Waals surface area contributed by atoms with Crippen molar-refractivity contribution in [3.05, 3.63) is 69.8 Å². The fraction of sp³-hybridized carbons (Fsp3) is 0.804. The highest BCUT2D eigenvalue weighted by atomic mass is 19.4. The first kappa shape index (κ1) is 112. The summed E-state index contributed by atoms with van der Waals surface area (Å²) in [6, 6.07) is 14.4. The van der Waals surface area contributed by atoms with E-state index in [0.717, 1.165) is 38.5 Å². The van der Waals surface area contributed by atoms with Crippen molar-refractivity contribution in [2.24, 2.45) is 73.9 Å². The molecule has 0 amide bonds. The van der Waals surface area contributed by atoms with E-state index in [4.69, 9.17) is 18.9 Å². The summed E-state index contributed by atoms with van der Waals surface area (Å²) in [7, 11) is 0. The maximum Gasteiger partial charge on any atom is 0.434 e. The number of carbonyl (C=O) groups excluding carboxylic acids is 8. The minimum atomic E-state index is -5.85. The first-order valence-corrected chi connectivity index (χ1v) is 47.1. The lowest BCUT2D eigenvalue weighted by Gasteiger charge is -2.42. The van der Waals surface area contributed by atoms with Crippen LogP contribution in [0.15, 0.2) is 36.4 Å². The molecule has 8 aliphatic rings. The zero-order valence-corrected chi connectivity index (χ0v) is 82.6. The molecule has 12 unspecified atom stereocenters. The summed E-state index contributed by atoms with van der Waals surface area (Å²) in [5, 5.41) is 0. The van der Waals surface area contributed by atoms with Crippen molar-refractivity contribution in [2.75, 3.05) is 0 Å². The number of hydrogen-bond donors (Lipinski definition) is 0. The van der Waals surface area contributed by atoms with Crippen molar-refractivity contribution in [1.29, 1.82) is 0 Å². The summed E-state index contributed by atoms with van der Waals surface area (Å²) in [5.41, 5.74) is 3.23. The van der Waals surface area contributed by atoms with Gasteiger partial charge in [-0.2, -0.15) is 52.7 Å². The summed E-state index contributed by atoms with van der Waals surface area (Å²) in [6.45, 7) is 63.4. The van der Waals surface area contributed by atoms with Crippen LogP contribution in [0.1, 0.15) is 401 Å². The number of carbonyl (C=O) groups is 8. The first-order valence-electron chi connectivity index (χ1n) is 47.1. The van der Waals surface area contributed by atoms with Crippen molar-refractivity contribution in [3.8, 4) is 0 Å². The molecule has 8 saturated carbocycles. The Bertz CT molecular complexity index is 3780. The van der Waals surface area contributed by atoms with Gasteiger partial charge >= 0.3 is 60.5 Å². The first-order chi connectivity index (χ1) is 58.2. The fourth-order valence-corrected chi connectivity index (χ4v) is 18.7. The molecule has 26 heteroatoms. The Kier molecular flexibility index (Phi) is 37.0. The lowest BCUT2D eigenvalue weighted by atomic mass is 9.73. The van der Waals surface area contributed by atoms with E-state index in [9.17, 15) is 91.0 Å². The van der Waals surface area contributed by atoms with E-state index in [0.29, 0.717) is 30.6 Å². The highest BCUT2D eigenvalue weighted by molar-refractivity contribution is 6.08. The number of Topliss-reactive ketones (excluding diaryl/α,β-unsaturated/α-hetero) is 2. The van der Waals surface area contributed by atoms with Crippen LogP contribution in [-0.2, 0) is 88.4 Å². The van der Waals surface area contributed by atoms with Gasteiger partial charge in [0.15, 0.2) is 11.6 Å². The second-order valence-corrected chi connectivity index (χ2v) is 44.7. The molecule has 0 spiro atoms. The molecule has 4 bridgehead atoms. The van der Waals surface area contributed by atoms with Crippen LogP contribution >= 0.6 is 0 Å². The third-order valence-electron chi connectivity index (χ3n) is 29.9. The molecule has 0 aromatic heterocycles. The Morgan fingerprint density at radius 1 is 0.375 bits per heavy atom. The van der Waals surface area contributed by atoms with Crippen LogP contribution in [0.25, 0.3) is 0 Å². The molecule has 8 aliphatic carbocycles. The topological polar surface area (TPSA) is 192 Å². The van der Waals surface area contributed by atoms with Gasteiger partial charge in [-0.15, -0.1) is 0 Å². The molecule has 0 heterocycles. The largest absolute Gasteiger partial charge is 0.462 e. The minimum Gasteiger partial charge on any atom is -0.462 e. The maximum atomic E-state index is 12.8. The molecule has 14 nitrogen and oxygen atoms in total. The summed E-state index contributed by atoms with van der Waals surface area (Å²) in [6.07, 6.45) is -15.9. The highest BCUT2D eigenvalue weighted by Crippen LogP contribution is 2.68. The molecule has 0 aliphatic heterocycles. The van der Waals surface area contributed by atoms with Crippen LogP contribution in [0.5, 0.6) is 0 Å². The molecule has 2 aromatic carbocycles. The molecule has 8 fully saturated rings. The number of hydrogen-bond acceptors (Lipinski definition) is 14. The van der Waals surface area contributed by atoms with Gasteiger partial charge < -0.3 is 28.4 Å². The maximum absolute atomic E-state index is 12.8. The third kappa shape index (κ3) is 26.6. The molecule has 12 atom stereocenters. The van der Waals surface area contributed by atoms with Crippen molar-refractivity contribution in [1.82, 2.24) is 0 Å². The number of benzene rings is 2. The summed E-state index contributed by atoms with van der Waals surface area (Å²) >= 11 is 0. The minimum absolute atomic E-state index is 0.00993. The monoisotopic (exact) mass is 1830 g/mol. The summed E-state index contributed by atoms with van der Waals surface area (Å²) in [5.74, 6) is -8.07. The van der Waals surface area contributed by atoms with Gasteiger partial charge in [0.25, 0.3) is 12.2 Å². The third-order valence-corrected chi connectivity index (χ3v) is 29.9. The number of esters is 6. The number of ketones is 2. The van der Waals surface area contributed by atoms with Crippen LogP contribution in [0.3, 0.4) is 0 Å². The van der Waals surface area contributed by atoms with Gasteiger partial charge in [-0.3, -0.25) is 38.4 Å². The lowest BCUT2D eigenvalue weighted by Crippen LogP contribution is -2.51. The molecule has 0 N–H and O–H groups in total. The van der Waals surface area contributed by atoms with Gasteiger partial charge in [-0.25, -0.2) is 0 Å². The molecule has 732 valence electrons. The van der Waals surface area contributed by atoms with Crippen LogP contribution in [0, 0.1) is 73.9 Å². The van der Waals surface area contributed by atoms with Gasteiger partial charge in [0.05, 0.1) is 21.7 Å². The predicted molar refractivity (Wildman–Crippen MR) is 473 cm³/mol. The van der Waals surface area contributed by atoms with Gasteiger partial charge in [0.2, 0.25) is 0 Å². The van der Waals surface area contributed by atoms with E-state index >= 15 is 0 Å². The molecule has 10 rings (SSSR count). The fourth-order valence-electron chi connectivity index (χ4n) is 18.7. The smallest absolute Gasteiger partial charge is 0.434 e. The number of alkyl halides is 12. The van der Waals surface area contributed by atoms with E-state index in [1.807, 2.05) is 34.6 Å². The van der Waals surface area contributed by atoms with Gasteiger partial charge in [-0.1, -0.05) is 208 Å². The van der Waals surface area contributed by atoms with Crippen molar-refractivity contribution in [2.45, 2.75) is 450 Å². The van der Waals surface area contributed by atoms with E-state index in [-0.39, 0.29) is 94.7 Å². The zero-order valence-electron chi connectivity index (χ0n) is 82.6. The molecule has 2 aromatic rings. The van der Waals surface area contributed by atoms with Crippen LogP contribution in [0.4, 0.5) is 52.7 Å². The number of halogens is 12. The van der Waals surface area contributed by atoms with E-state index < -0.39 is 142 Å². The average Bonchev–Trinajstić information content (AvgIpc) is 1.53. The van der Waals surface area contributed by atoms with Crippen LogP contribution in [0.2, 0.25) is 0 Å². The second kappa shape index (κ2) is 42.1. The standard InChI is InChI=1S/2C19H22F6O5.2C18H30.C17H32O2.C11H20O2/c2*1-4-16(2,3)14(27)29-12-8-5-10-9(12)6-11(26)17(10,7-8)15(28)30-13(18(20,21)22)19(23,24)25;2*1-9-13(2)14-10-15(17(3,4)5)12-16(11-14)18(6,7)8;1-6-16(4,5)15(18)19-17(7-2,8-3)14-12-10-9-11-13-14;1-4-11(2,3)10(12)13-9-7-5-6-8-9/h2*8-10,12-13H,4-7H2,1-3H3;2*10-13H,9H2,1-8H3;14H,6-13H2,1-5H3;9H,4-8H2,1-3H3. The van der Waals surface area contributed by atoms with Crippen LogP contribution < -0.4 is 0 Å². The van der Waals surface area contributed by atoms with E-state index in [1.54, 1.807) is 41.5 Å². The van der Waals surface area contributed by atoms with Crippen molar-refractivity contribution < 1.29 is 119 Å².